The van der Waals surface area contributed by atoms with Gasteiger partial charge in [0.05, 0.1) is 11.4 Å². The predicted octanol–water partition coefficient (Wildman–Crippen LogP) is 5.57. The predicted molar refractivity (Wildman–Crippen MR) is 123 cm³/mol. The number of hydrogen-bond donors (Lipinski definition) is 0. The molecule has 5 heteroatoms. The van der Waals surface area contributed by atoms with E-state index in [1.165, 1.54) is 0 Å². The quantitative estimate of drug-likeness (QED) is 0.571. The highest BCUT2D eigenvalue weighted by atomic mass is 32.2. The summed E-state index contributed by atoms with van der Waals surface area (Å²) in [5.41, 5.74) is 5.80. The molecule has 0 radical (unpaired) electrons. The summed E-state index contributed by atoms with van der Waals surface area (Å²) in [7, 11) is 8.13. The van der Waals surface area contributed by atoms with E-state index in [-0.39, 0.29) is 5.91 Å². The van der Waals surface area contributed by atoms with E-state index in [1.807, 2.05) is 64.3 Å². The minimum atomic E-state index is 0.00102. The van der Waals surface area contributed by atoms with Gasteiger partial charge in [-0.2, -0.15) is 0 Å². The number of carbonyl (C=O) groups excluding carboxylic acids is 1. The Balaban J connectivity index is 1.90. The molecular formula is C24H25N3OS. The van der Waals surface area contributed by atoms with Crippen molar-refractivity contribution in [3.8, 4) is 0 Å². The molecule has 3 aromatic rings. The van der Waals surface area contributed by atoms with Crippen molar-refractivity contribution in [1.29, 1.82) is 0 Å². The molecule has 0 spiro atoms. The highest BCUT2D eigenvalue weighted by molar-refractivity contribution is 7.99. The molecule has 1 aliphatic heterocycles. The molecule has 0 atom stereocenters. The molecule has 0 saturated heterocycles. The number of anilines is 4. The number of rotatable bonds is 3. The monoisotopic (exact) mass is 403 g/mol. The summed E-state index contributed by atoms with van der Waals surface area (Å²) in [6.45, 7) is 1.98. The summed E-state index contributed by atoms with van der Waals surface area (Å²) in [6, 6.07) is 20.3. The van der Waals surface area contributed by atoms with E-state index >= 15 is 0 Å². The Labute approximate surface area is 176 Å². The summed E-state index contributed by atoms with van der Waals surface area (Å²) in [4.78, 5) is 21.9. The van der Waals surface area contributed by atoms with Gasteiger partial charge in [0.15, 0.2) is 0 Å². The molecule has 0 N–H and O–H groups in total. The lowest BCUT2D eigenvalue weighted by molar-refractivity contribution is 0.0997. The summed E-state index contributed by atoms with van der Waals surface area (Å²) in [6.07, 6.45) is 0. The molecule has 0 aromatic heterocycles. The van der Waals surface area contributed by atoms with Gasteiger partial charge in [0.1, 0.15) is 0 Å². The van der Waals surface area contributed by atoms with Crippen molar-refractivity contribution in [3.63, 3.8) is 0 Å². The van der Waals surface area contributed by atoms with Crippen LogP contribution in [0.15, 0.2) is 70.5 Å². The first kappa shape index (κ1) is 19.4. The van der Waals surface area contributed by atoms with Gasteiger partial charge in [-0.3, -0.25) is 9.69 Å². The van der Waals surface area contributed by atoms with E-state index in [9.17, 15) is 4.79 Å². The standard InChI is InChI=1S/C24H25N3OS/c1-16-8-6-7-9-19(16)24(28)27-20-12-10-17(25(2)3)14-22(20)29-23-15-18(26(4)5)11-13-21(23)27/h6-15H,1-5H3. The number of carbonyl (C=O) groups is 1. The van der Waals surface area contributed by atoms with Crippen LogP contribution in [-0.2, 0) is 0 Å². The third-order valence-electron chi connectivity index (χ3n) is 5.20. The fourth-order valence-electron chi connectivity index (χ4n) is 3.50. The lowest BCUT2D eigenvalue weighted by atomic mass is 10.1. The number of amides is 1. The van der Waals surface area contributed by atoms with Crippen molar-refractivity contribution in [2.75, 3.05) is 42.9 Å². The van der Waals surface area contributed by atoms with Gasteiger partial charge in [-0.05, 0) is 55.0 Å². The minimum absolute atomic E-state index is 0.00102. The van der Waals surface area contributed by atoms with E-state index in [4.69, 9.17) is 0 Å². The van der Waals surface area contributed by atoms with Crippen molar-refractivity contribution in [2.45, 2.75) is 16.7 Å². The third kappa shape index (κ3) is 3.47. The van der Waals surface area contributed by atoms with Crippen LogP contribution in [-0.4, -0.2) is 34.1 Å². The molecular weight excluding hydrogens is 378 g/mol. The van der Waals surface area contributed by atoms with Crippen LogP contribution in [0.2, 0.25) is 0 Å². The Morgan fingerprint density at radius 3 is 1.79 bits per heavy atom. The van der Waals surface area contributed by atoms with Gasteiger partial charge < -0.3 is 9.80 Å². The molecule has 1 amide bonds. The van der Waals surface area contributed by atoms with Crippen molar-refractivity contribution in [3.05, 3.63) is 71.8 Å². The molecule has 0 fully saturated rings. The summed E-state index contributed by atoms with van der Waals surface area (Å²) in [5.74, 6) is 0.00102. The van der Waals surface area contributed by atoms with Gasteiger partial charge in [-0.25, -0.2) is 0 Å². The second-order valence-corrected chi connectivity index (χ2v) is 8.73. The number of fused-ring (bicyclic) bond motifs is 2. The molecule has 4 nitrogen and oxygen atoms in total. The Hall–Kier alpha value is -2.92. The zero-order valence-corrected chi connectivity index (χ0v) is 18.2. The lowest BCUT2D eigenvalue weighted by Gasteiger charge is -2.33. The SMILES string of the molecule is Cc1ccccc1C(=O)N1c2ccc(N(C)C)cc2Sc2cc(N(C)C)ccc21. The Morgan fingerprint density at radius 2 is 1.31 bits per heavy atom. The average Bonchev–Trinajstić information content (AvgIpc) is 2.70. The molecule has 0 bridgehead atoms. The van der Waals surface area contributed by atoms with E-state index in [2.05, 4.69) is 46.2 Å². The van der Waals surface area contributed by atoms with Gasteiger partial charge in [0.25, 0.3) is 5.91 Å². The number of nitrogens with zero attached hydrogens (tertiary/aromatic N) is 3. The third-order valence-corrected chi connectivity index (χ3v) is 6.29. The summed E-state index contributed by atoms with van der Waals surface area (Å²) < 4.78 is 0. The van der Waals surface area contributed by atoms with Crippen LogP contribution in [0.5, 0.6) is 0 Å². The first-order valence-corrected chi connectivity index (χ1v) is 10.4. The maximum Gasteiger partial charge on any atom is 0.263 e. The van der Waals surface area contributed by atoms with Crippen molar-refractivity contribution < 1.29 is 4.79 Å². The van der Waals surface area contributed by atoms with Crippen LogP contribution in [0.25, 0.3) is 0 Å². The highest BCUT2D eigenvalue weighted by Crippen LogP contribution is 2.50. The van der Waals surface area contributed by atoms with Crippen molar-refractivity contribution >= 4 is 40.4 Å². The fraction of sp³-hybridized carbons (Fsp3) is 0.208. The second kappa shape index (κ2) is 7.48. The Kier molecular flexibility index (Phi) is 5.01. The van der Waals surface area contributed by atoms with Crippen LogP contribution < -0.4 is 14.7 Å². The van der Waals surface area contributed by atoms with Gasteiger partial charge in [0.2, 0.25) is 0 Å². The van der Waals surface area contributed by atoms with Gasteiger partial charge >= 0.3 is 0 Å². The lowest BCUT2D eigenvalue weighted by Crippen LogP contribution is -2.29. The number of hydrogen-bond acceptors (Lipinski definition) is 4. The molecule has 3 aromatic carbocycles. The first-order chi connectivity index (χ1) is 13.9. The van der Waals surface area contributed by atoms with Crippen LogP contribution >= 0.6 is 11.8 Å². The Bertz CT molecular complexity index is 1030. The molecule has 29 heavy (non-hydrogen) atoms. The molecule has 4 rings (SSSR count). The van der Waals surface area contributed by atoms with Gasteiger partial charge in [0, 0.05) is 54.9 Å². The smallest absolute Gasteiger partial charge is 0.263 e. The summed E-state index contributed by atoms with van der Waals surface area (Å²) in [5, 5.41) is 0. The number of benzene rings is 3. The van der Waals surface area contributed by atoms with E-state index < -0.39 is 0 Å². The zero-order chi connectivity index (χ0) is 20.7. The van der Waals surface area contributed by atoms with Crippen LogP contribution in [0, 0.1) is 6.92 Å². The van der Waals surface area contributed by atoms with Crippen molar-refractivity contribution in [1.82, 2.24) is 0 Å². The van der Waals surface area contributed by atoms with Crippen LogP contribution in [0.3, 0.4) is 0 Å². The van der Waals surface area contributed by atoms with Gasteiger partial charge in [-0.15, -0.1) is 0 Å². The molecule has 0 saturated carbocycles. The topological polar surface area (TPSA) is 26.8 Å². The fourth-order valence-corrected chi connectivity index (χ4v) is 4.62. The van der Waals surface area contributed by atoms with E-state index in [0.717, 1.165) is 43.7 Å². The number of aryl methyl sites for hydroxylation is 1. The van der Waals surface area contributed by atoms with E-state index in [1.54, 1.807) is 11.8 Å². The molecule has 1 aliphatic rings. The molecule has 0 unspecified atom stereocenters. The largest absolute Gasteiger partial charge is 0.378 e. The summed E-state index contributed by atoms with van der Waals surface area (Å²) >= 11 is 1.72. The molecule has 148 valence electrons. The average molecular weight is 404 g/mol. The van der Waals surface area contributed by atoms with Crippen LogP contribution in [0.4, 0.5) is 22.7 Å². The zero-order valence-electron chi connectivity index (χ0n) is 17.4. The van der Waals surface area contributed by atoms with Crippen LogP contribution in [0.1, 0.15) is 15.9 Å². The normalized spacial score (nSPS) is 12.2. The second-order valence-electron chi connectivity index (χ2n) is 7.65. The highest BCUT2D eigenvalue weighted by Gasteiger charge is 2.30. The minimum Gasteiger partial charge on any atom is -0.378 e. The maximum absolute atomic E-state index is 13.7. The molecule has 1 heterocycles. The first-order valence-electron chi connectivity index (χ1n) is 9.57. The maximum atomic E-state index is 13.7. The van der Waals surface area contributed by atoms with Crippen molar-refractivity contribution in [2.24, 2.45) is 0 Å². The van der Waals surface area contributed by atoms with E-state index in [0.29, 0.717) is 0 Å². The molecule has 0 aliphatic carbocycles. The Morgan fingerprint density at radius 1 is 0.793 bits per heavy atom. The van der Waals surface area contributed by atoms with Gasteiger partial charge in [-0.1, -0.05) is 30.0 Å².